The van der Waals surface area contributed by atoms with E-state index in [1.54, 1.807) is 6.07 Å². The maximum atomic E-state index is 12.7. The lowest BCUT2D eigenvalue weighted by Crippen LogP contribution is -2.43. The first-order chi connectivity index (χ1) is 13.0. The van der Waals surface area contributed by atoms with Crippen LogP contribution in [0.4, 0.5) is 0 Å². The molecule has 1 atom stereocenters. The van der Waals surface area contributed by atoms with E-state index < -0.39 is 31.0 Å². The molecule has 1 aromatic carbocycles. The van der Waals surface area contributed by atoms with Gasteiger partial charge in [0.1, 0.15) is 5.25 Å². The first-order valence-electron chi connectivity index (χ1n) is 9.57. The Kier molecular flexibility index (Phi) is 7.64. The molecule has 9 heteroatoms. The van der Waals surface area contributed by atoms with E-state index in [1.165, 1.54) is 39.2 Å². The number of rotatable bonds is 7. The molecular formula is C19H30N2O5S2. The molecule has 0 unspecified atom stereocenters. The Balaban J connectivity index is 2.11. The van der Waals surface area contributed by atoms with Crippen molar-refractivity contribution in [1.29, 1.82) is 0 Å². The summed E-state index contributed by atoms with van der Waals surface area (Å²) < 4.78 is 51.0. The van der Waals surface area contributed by atoms with Gasteiger partial charge in [-0.1, -0.05) is 37.8 Å². The topological polar surface area (TPSA) is 101 Å². The molecule has 1 amide bonds. The maximum absolute atomic E-state index is 12.7. The zero-order valence-corrected chi connectivity index (χ0v) is 18.4. The van der Waals surface area contributed by atoms with E-state index >= 15 is 0 Å². The minimum absolute atomic E-state index is 0.0285. The van der Waals surface area contributed by atoms with E-state index in [9.17, 15) is 21.6 Å². The number of hydrogen-bond acceptors (Lipinski definition) is 5. The highest BCUT2D eigenvalue weighted by atomic mass is 32.2. The maximum Gasteiger partial charge on any atom is 0.242 e. The second-order valence-corrected chi connectivity index (χ2v) is 12.1. The number of nitrogens with one attached hydrogen (secondary N) is 1. The standard InChI is InChI=1S/C19H30N2O5S2/c1-15(19(22)20-17-10-6-4-5-7-11-17)27(23,24)14-16-9-8-12-18(13-16)28(25,26)21(2)3/h8-9,12-13,15,17H,4-7,10-11,14H2,1-3H3,(H,20,22)/t15-/m0/s1. The van der Waals surface area contributed by atoms with Gasteiger partial charge in [-0.05, 0) is 37.5 Å². The highest BCUT2D eigenvalue weighted by Crippen LogP contribution is 2.20. The summed E-state index contributed by atoms with van der Waals surface area (Å²) in [7, 11) is -4.60. The van der Waals surface area contributed by atoms with E-state index in [1.807, 2.05) is 0 Å². The molecule has 7 nitrogen and oxygen atoms in total. The monoisotopic (exact) mass is 430 g/mol. The van der Waals surface area contributed by atoms with E-state index in [-0.39, 0.29) is 16.7 Å². The average molecular weight is 431 g/mol. The zero-order chi connectivity index (χ0) is 20.9. The van der Waals surface area contributed by atoms with Crippen LogP contribution in [0.2, 0.25) is 0 Å². The van der Waals surface area contributed by atoms with Crippen LogP contribution in [0.3, 0.4) is 0 Å². The van der Waals surface area contributed by atoms with Gasteiger partial charge in [-0.3, -0.25) is 4.79 Å². The molecule has 158 valence electrons. The van der Waals surface area contributed by atoms with Gasteiger partial charge in [-0.15, -0.1) is 0 Å². The molecule has 0 aliphatic heterocycles. The fraction of sp³-hybridized carbons (Fsp3) is 0.632. The summed E-state index contributed by atoms with van der Waals surface area (Å²) in [5, 5.41) is 1.69. The minimum Gasteiger partial charge on any atom is -0.352 e. The molecule has 0 heterocycles. The summed E-state index contributed by atoms with van der Waals surface area (Å²) in [6.07, 6.45) is 6.13. The van der Waals surface area contributed by atoms with Crippen molar-refractivity contribution < 1.29 is 21.6 Å². The number of hydrogen-bond donors (Lipinski definition) is 1. The van der Waals surface area contributed by atoms with Gasteiger partial charge in [-0.25, -0.2) is 21.1 Å². The van der Waals surface area contributed by atoms with Crippen LogP contribution in [-0.4, -0.2) is 52.4 Å². The van der Waals surface area contributed by atoms with Crippen LogP contribution in [-0.2, 0) is 30.4 Å². The third-order valence-electron chi connectivity index (χ3n) is 5.15. The van der Waals surface area contributed by atoms with Crippen LogP contribution in [0.15, 0.2) is 29.2 Å². The van der Waals surface area contributed by atoms with Crippen molar-refractivity contribution >= 4 is 25.8 Å². The van der Waals surface area contributed by atoms with Crippen LogP contribution < -0.4 is 5.32 Å². The van der Waals surface area contributed by atoms with Gasteiger partial charge < -0.3 is 5.32 Å². The van der Waals surface area contributed by atoms with Crippen LogP contribution >= 0.6 is 0 Å². The lowest BCUT2D eigenvalue weighted by molar-refractivity contribution is -0.121. The molecule has 28 heavy (non-hydrogen) atoms. The minimum atomic E-state index is -3.78. The lowest BCUT2D eigenvalue weighted by atomic mass is 10.1. The Hall–Kier alpha value is -1.45. The summed E-state index contributed by atoms with van der Waals surface area (Å²) >= 11 is 0. The van der Waals surface area contributed by atoms with Gasteiger partial charge in [0.25, 0.3) is 0 Å². The van der Waals surface area contributed by atoms with E-state index in [0.717, 1.165) is 42.8 Å². The predicted molar refractivity (Wildman–Crippen MR) is 109 cm³/mol. The van der Waals surface area contributed by atoms with Crippen molar-refractivity contribution in [3.8, 4) is 0 Å². The molecule has 1 N–H and O–H groups in total. The molecule has 2 rings (SSSR count). The second kappa shape index (κ2) is 9.37. The average Bonchev–Trinajstić information content (AvgIpc) is 2.89. The Morgan fingerprint density at radius 2 is 1.71 bits per heavy atom. The first kappa shape index (κ1) is 22.8. The fourth-order valence-corrected chi connectivity index (χ4v) is 5.53. The largest absolute Gasteiger partial charge is 0.352 e. The second-order valence-electron chi connectivity index (χ2n) is 7.58. The Bertz CT molecular complexity index is 887. The molecule has 1 aliphatic rings. The fourth-order valence-electron chi connectivity index (χ4n) is 3.27. The molecule has 0 aromatic heterocycles. The number of sulfonamides is 1. The molecular weight excluding hydrogens is 400 g/mol. The normalized spacial score (nSPS) is 17.9. The molecule has 1 saturated carbocycles. The summed E-state index contributed by atoms with van der Waals surface area (Å²) in [6.45, 7) is 1.39. The quantitative estimate of drug-likeness (QED) is 0.668. The van der Waals surface area contributed by atoms with E-state index in [0.29, 0.717) is 5.56 Å². The van der Waals surface area contributed by atoms with Crippen molar-refractivity contribution in [2.45, 2.75) is 67.4 Å². The van der Waals surface area contributed by atoms with Crippen molar-refractivity contribution in [2.75, 3.05) is 14.1 Å². The van der Waals surface area contributed by atoms with Gasteiger partial charge in [-0.2, -0.15) is 0 Å². The highest BCUT2D eigenvalue weighted by molar-refractivity contribution is 7.92. The summed E-state index contributed by atoms with van der Waals surface area (Å²) in [5.74, 6) is -0.868. The van der Waals surface area contributed by atoms with Gasteiger partial charge in [0.05, 0.1) is 10.6 Å². The molecule has 0 spiro atoms. The van der Waals surface area contributed by atoms with Crippen molar-refractivity contribution in [3.05, 3.63) is 29.8 Å². The van der Waals surface area contributed by atoms with Gasteiger partial charge in [0, 0.05) is 20.1 Å². The smallest absolute Gasteiger partial charge is 0.242 e. The third-order valence-corrected chi connectivity index (χ3v) is 8.99. The first-order valence-corrected chi connectivity index (χ1v) is 12.7. The van der Waals surface area contributed by atoms with Crippen LogP contribution in [0, 0.1) is 0 Å². The van der Waals surface area contributed by atoms with Gasteiger partial charge in [0.15, 0.2) is 9.84 Å². The predicted octanol–water partition coefficient (Wildman–Crippen LogP) is 2.08. The third kappa shape index (κ3) is 5.78. The zero-order valence-electron chi connectivity index (χ0n) is 16.7. The Labute approximate surface area is 168 Å². The number of carbonyl (C=O) groups excluding carboxylic acids is 1. The lowest BCUT2D eigenvalue weighted by Gasteiger charge is -2.20. The van der Waals surface area contributed by atoms with Crippen LogP contribution in [0.5, 0.6) is 0 Å². The van der Waals surface area contributed by atoms with Crippen molar-refractivity contribution in [3.63, 3.8) is 0 Å². The summed E-state index contributed by atoms with van der Waals surface area (Å²) in [4.78, 5) is 12.5. The van der Waals surface area contributed by atoms with Crippen molar-refractivity contribution in [1.82, 2.24) is 9.62 Å². The van der Waals surface area contributed by atoms with Crippen molar-refractivity contribution in [2.24, 2.45) is 0 Å². The molecule has 1 aromatic rings. The molecule has 1 fully saturated rings. The molecule has 1 aliphatic carbocycles. The highest BCUT2D eigenvalue weighted by Gasteiger charge is 2.30. The van der Waals surface area contributed by atoms with E-state index in [2.05, 4.69) is 5.32 Å². The van der Waals surface area contributed by atoms with Crippen LogP contribution in [0.25, 0.3) is 0 Å². The number of carbonyl (C=O) groups is 1. The number of benzene rings is 1. The number of sulfone groups is 1. The SMILES string of the molecule is C[C@@H](C(=O)NC1CCCCCC1)S(=O)(=O)Cc1cccc(S(=O)(=O)N(C)C)c1. The number of nitrogens with zero attached hydrogens (tertiary/aromatic N) is 1. The Morgan fingerprint density at radius 1 is 1.11 bits per heavy atom. The summed E-state index contributed by atoms with van der Waals surface area (Å²) in [5.41, 5.74) is 0.344. The van der Waals surface area contributed by atoms with Gasteiger partial charge >= 0.3 is 0 Å². The molecule has 0 saturated heterocycles. The molecule has 0 radical (unpaired) electrons. The van der Waals surface area contributed by atoms with Crippen LogP contribution in [0.1, 0.15) is 51.0 Å². The van der Waals surface area contributed by atoms with Gasteiger partial charge in [0.2, 0.25) is 15.9 Å². The van der Waals surface area contributed by atoms with E-state index in [4.69, 9.17) is 0 Å². The Morgan fingerprint density at radius 3 is 2.29 bits per heavy atom. The molecule has 0 bridgehead atoms. The number of amides is 1. The summed E-state index contributed by atoms with van der Waals surface area (Å²) in [6, 6.07) is 5.87.